The number of aromatic nitrogens is 1. The second-order valence-electron chi connectivity index (χ2n) is 5.30. The maximum atomic E-state index is 12.6. The fraction of sp³-hybridized carbons (Fsp3) is 0.312. The minimum absolute atomic E-state index is 0.103. The minimum Gasteiger partial charge on any atom is -0.353 e. The summed E-state index contributed by atoms with van der Waals surface area (Å²) in [6.45, 7) is 0.566. The number of hydrogen-bond acceptors (Lipinski definition) is 1. The fourth-order valence-corrected chi connectivity index (χ4v) is 3.62. The van der Waals surface area contributed by atoms with Crippen LogP contribution in [0.4, 0.5) is 0 Å². The van der Waals surface area contributed by atoms with Gasteiger partial charge < -0.3 is 9.88 Å². The summed E-state index contributed by atoms with van der Waals surface area (Å²) >= 11 is 3.61. The predicted molar refractivity (Wildman–Crippen MR) is 82.7 cm³/mol. The summed E-state index contributed by atoms with van der Waals surface area (Å²) in [6.07, 6.45) is 2.84. The van der Waals surface area contributed by atoms with E-state index in [1.165, 1.54) is 0 Å². The third kappa shape index (κ3) is 2.18. The maximum Gasteiger partial charge on any atom is 0.232 e. The fourth-order valence-electron chi connectivity index (χ4n) is 2.63. The monoisotopic (exact) mass is 332 g/mol. The van der Waals surface area contributed by atoms with Crippen LogP contribution in [0.3, 0.4) is 0 Å². The van der Waals surface area contributed by atoms with E-state index in [0.717, 1.165) is 17.7 Å². The topological polar surface area (TPSA) is 34.0 Å². The van der Waals surface area contributed by atoms with Crippen LogP contribution in [0.15, 0.2) is 48.7 Å². The van der Waals surface area contributed by atoms with E-state index >= 15 is 0 Å². The van der Waals surface area contributed by atoms with Gasteiger partial charge in [-0.05, 0) is 24.1 Å². The second kappa shape index (κ2) is 5.09. The summed E-state index contributed by atoms with van der Waals surface area (Å²) < 4.78 is 2.02. The van der Waals surface area contributed by atoms with Crippen LogP contribution in [-0.2, 0) is 23.8 Å². The average Bonchev–Trinajstić information content (AvgIpc) is 2.99. The van der Waals surface area contributed by atoms with Crippen LogP contribution < -0.4 is 5.32 Å². The van der Waals surface area contributed by atoms with Crippen molar-refractivity contribution >= 4 is 21.8 Å². The highest BCUT2D eigenvalue weighted by Gasteiger charge is 2.59. The first-order chi connectivity index (χ1) is 9.64. The van der Waals surface area contributed by atoms with Crippen molar-refractivity contribution in [2.24, 2.45) is 7.05 Å². The van der Waals surface area contributed by atoms with Gasteiger partial charge in [-0.15, -0.1) is 0 Å². The number of nitrogens with one attached hydrogen (secondary N) is 1. The van der Waals surface area contributed by atoms with Crippen LogP contribution in [0, 0.1) is 0 Å². The van der Waals surface area contributed by atoms with Gasteiger partial charge in [-0.25, -0.2) is 0 Å². The van der Waals surface area contributed by atoms with Crippen molar-refractivity contribution in [1.29, 1.82) is 0 Å². The number of aryl methyl sites for hydroxylation is 1. The van der Waals surface area contributed by atoms with Crippen LogP contribution >= 0.6 is 15.9 Å². The Labute approximate surface area is 127 Å². The van der Waals surface area contributed by atoms with E-state index in [-0.39, 0.29) is 10.7 Å². The molecule has 1 aromatic heterocycles. The van der Waals surface area contributed by atoms with Crippen molar-refractivity contribution in [3.8, 4) is 0 Å². The van der Waals surface area contributed by atoms with Crippen molar-refractivity contribution in [3.05, 3.63) is 59.9 Å². The van der Waals surface area contributed by atoms with E-state index in [2.05, 4.69) is 21.2 Å². The number of amides is 1. The van der Waals surface area contributed by atoms with Crippen molar-refractivity contribution in [2.45, 2.75) is 23.2 Å². The lowest BCUT2D eigenvalue weighted by Gasteiger charge is -2.17. The van der Waals surface area contributed by atoms with Crippen LogP contribution in [0.2, 0.25) is 0 Å². The highest BCUT2D eigenvalue weighted by molar-refractivity contribution is 9.09. The quantitative estimate of drug-likeness (QED) is 0.858. The van der Waals surface area contributed by atoms with E-state index in [1.807, 2.05) is 60.3 Å². The van der Waals surface area contributed by atoms with Crippen molar-refractivity contribution in [2.75, 3.05) is 0 Å². The van der Waals surface area contributed by atoms with Crippen molar-refractivity contribution in [3.63, 3.8) is 0 Å². The molecule has 0 aliphatic heterocycles. The molecule has 1 fully saturated rings. The Hall–Kier alpha value is -1.55. The Kier molecular flexibility index (Phi) is 3.42. The number of hydrogen-bond donors (Lipinski definition) is 1. The molecule has 1 aliphatic rings. The van der Waals surface area contributed by atoms with Gasteiger partial charge in [0.1, 0.15) is 0 Å². The summed E-state index contributed by atoms with van der Waals surface area (Å²) in [4.78, 5) is 12.8. The SMILES string of the molecule is Cn1cccc1CNC(=O)C1(c2ccccc2)CC1Br. The standard InChI is InChI=1S/C16H17BrN2O/c1-19-9-5-8-13(19)11-18-15(20)16(10-14(16)17)12-6-3-2-4-7-12/h2-9,14H,10-11H2,1H3,(H,18,20). The molecule has 2 atom stereocenters. The first-order valence-electron chi connectivity index (χ1n) is 6.72. The van der Waals surface area contributed by atoms with Gasteiger partial charge in [0, 0.05) is 23.8 Å². The normalized spacial score (nSPS) is 24.4. The second-order valence-corrected chi connectivity index (χ2v) is 6.41. The Balaban J connectivity index is 1.75. The van der Waals surface area contributed by atoms with Crippen molar-refractivity contribution < 1.29 is 4.79 Å². The minimum atomic E-state index is -0.396. The molecular formula is C16H17BrN2O. The number of alkyl halides is 1. The molecule has 3 nitrogen and oxygen atoms in total. The predicted octanol–water partition coefficient (Wildman–Crippen LogP) is 2.75. The van der Waals surface area contributed by atoms with Crippen molar-refractivity contribution in [1.82, 2.24) is 9.88 Å². The maximum absolute atomic E-state index is 12.6. The van der Waals surface area contributed by atoms with Crippen LogP contribution in [0.1, 0.15) is 17.7 Å². The highest BCUT2D eigenvalue weighted by atomic mass is 79.9. The summed E-state index contributed by atoms with van der Waals surface area (Å²) in [5, 5.41) is 3.07. The van der Waals surface area contributed by atoms with E-state index < -0.39 is 5.41 Å². The lowest BCUT2D eigenvalue weighted by Crippen LogP contribution is -2.36. The van der Waals surface area contributed by atoms with Crippen LogP contribution in [0.25, 0.3) is 0 Å². The van der Waals surface area contributed by atoms with Gasteiger partial charge in [-0.2, -0.15) is 0 Å². The number of nitrogens with zero attached hydrogens (tertiary/aromatic N) is 1. The lowest BCUT2D eigenvalue weighted by atomic mass is 9.95. The molecule has 0 radical (unpaired) electrons. The molecule has 3 rings (SSSR count). The number of benzene rings is 1. The Bertz CT molecular complexity index is 622. The number of rotatable bonds is 4. The molecule has 2 aromatic rings. The first kappa shape index (κ1) is 13.4. The molecule has 0 spiro atoms. The zero-order valence-electron chi connectivity index (χ0n) is 11.3. The first-order valence-corrected chi connectivity index (χ1v) is 7.64. The van der Waals surface area contributed by atoms with Gasteiger partial charge in [0.05, 0.1) is 12.0 Å². The number of carbonyl (C=O) groups excluding carboxylic acids is 1. The third-order valence-electron chi connectivity index (χ3n) is 4.05. The molecule has 0 saturated heterocycles. The van der Waals surface area contributed by atoms with Gasteiger partial charge in [0.15, 0.2) is 0 Å². The van der Waals surface area contributed by atoms with E-state index in [0.29, 0.717) is 6.54 Å². The highest BCUT2D eigenvalue weighted by Crippen LogP contribution is 2.53. The summed E-state index contributed by atoms with van der Waals surface area (Å²) in [5.41, 5.74) is 1.80. The van der Waals surface area contributed by atoms with Gasteiger partial charge in [0.2, 0.25) is 5.91 Å². The molecular weight excluding hydrogens is 316 g/mol. The molecule has 2 unspecified atom stereocenters. The Morgan fingerprint density at radius 1 is 1.35 bits per heavy atom. The molecule has 20 heavy (non-hydrogen) atoms. The summed E-state index contributed by atoms with van der Waals surface area (Å²) in [5.74, 6) is 0.103. The Morgan fingerprint density at radius 2 is 2.05 bits per heavy atom. The molecule has 0 bridgehead atoms. The zero-order chi connectivity index (χ0) is 14.2. The Morgan fingerprint density at radius 3 is 2.60 bits per heavy atom. The van der Waals surface area contributed by atoms with E-state index in [9.17, 15) is 4.79 Å². The number of halogens is 1. The third-order valence-corrected chi connectivity index (χ3v) is 5.16. The van der Waals surface area contributed by atoms with E-state index in [4.69, 9.17) is 0 Å². The molecule has 104 valence electrons. The molecule has 1 amide bonds. The van der Waals surface area contributed by atoms with Crippen LogP contribution in [0.5, 0.6) is 0 Å². The van der Waals surface area contributed by atoms with Gasteiger partial charge in [0.25, 0.3) is 0 Å². The van der Waals surface area contributed by atoms with E-state index in [1.54, 1.807) is 0 Å². The molecule has 1 aromatic carbocycles. The molecule has 1 aliphatic carbocycles. The molecule has 1 N–H and O–H groups in total. The number of carbonyl (C=O) groups is 1. The van der Waals surface area contributed by atoms with Crippen LogP contribution in [-0.4, -0.2) is 15.3 Å². The smallest absolute Gasteiger partial charge is 0.232 e. The molecule has 4 heteroatoms. The molecule has 1 saturated carbocycles. The van der Waals surface area contributed by atoms with Gasteiger partial charge in [-0.3, -0.25) is 4.79 Å². The zero-order valence-corrected chi connectivity index (χ0v) is 12.9. The average molecular weight is 333 g/mol. The molecule has 1 heterocycles. The summed E-state index contributed by atoms with van der Waals surface area (Å²) in [7, 11) is 1.98. The summed E-state index contributed by atoms with van der Waals surface area (Å²) in [6, 6.07) is 14.0. The lowest BCUT2D eigenvalue weighted by molar-refractivity contribution is -0.123. The largest absolute Gasteiger partial charge is 0.353 e. The van der Waals surface area contributed by atoms with Gasteiger partial charge >= 0.3 is 0 Å². The van der Waals surface area contributed by atoms with Gasteiger partial charge in [-0.1, -0.05) is 46.3 Å².